The van der Waals surface area contributed by atoms with Crippen molar-refractivity contribution in [3.63, 3.8) is 0 Å². The van der Waals surface area contributed by atoms with E-state index in [1.807, 2.05) is 6.08 Å². The van der Waals surface area contributed by atoms with E-state index in [0.717, 1.165) is 31.3 Å². The van der Waals surface area contributed by atoms with Gasteiger partial charge in [0, 0.05) is 18.9 Å². The Morgan fingerprint density at radius 2 is 1.80 bits per heavy atom. The fourth-order valence-electron chi connectivity index (χ4n) is 10.0. The Balaban J connectivity index is 1.17. The molecule has 0 aromatic carbocycles. The highest BCUT2D eigenvalue weighted by molar-refractivity contribution is 5.98. The van der Waals surface area contributed by atoms with Crippen molar-refractivity contribution >= 4 is 11.8 Å². The Kier molecular flexibility index (Phi) is 8.97. The lowest BCUT2D eigenvalue weighted by Gasteiger charge is -2.58. The van der Waals surface area contributed by atoms with Gasteiger partial charge in [-0.1, -0.05) is 30.2 Å². The molecule has 2 heterocycles. The van der Waals surface area contributed by atoms with Crippen molar-refractivity contribution in [3.05, 3.63) is 34.9 Å². The van der Waals surface area contributed by atoms with Gasteiger partial charge in [-0.15, -0.1) is 0 Å². The highest BCUT2D eigenvalue weighted by Crippen LogP contribution is 2.66. The van der Waals surface area contributed by atoms with Crippen LogP contribution in [-0.4, -0.2) is 105 Å². The lowest BCUT2D eigenvalue weighted by molar-refractivity contribution is -0.299. The van der Waals surface area contributed by atoms with Crippen molar-refractivity contribution in [1.29, 1.82) is 0 Å². The third-order valence-corrected chi connectivity index (χ3v) is 12.8. The molecule has 0 radical (unpaired) electrons. The Morgan fingerprint density at radius 3 is 2.49 bits per heavy atom. The predicted molar refractivity (Wildman–Crippen MR) is 159 cm³/mol. The number of carbonyl (C=O) groups is 2. The molecule has 11 nitrogen and oxygen atoms in total. The molecule has 2 saturated carbocycles. The van der Waals surface area contributed by atoms with Gasteiger partial charge in [0.1, 0.15) is 30.5 Å². The second kappa shape index (κ2) is 12.2. The van der Waals surface area contributed by atoms with Crippen LogP contribution in [0.1, 0.15) is 59.3 Å². The smallest absolute Gasteiger partial charge is 0.336 e. The first kappa shape index (κ1) is 33.0. The van der Waals surface area contributed by atoms with E-state index in [1.54, 1.807) is 13.0 Å². The molecule has 3 fully saturated rings. The molecule has 0 aromatic heterocycles. The Bertz CT molecular complexity index is 1270. The van der Waals surface area contributed by atoms with Gasteiger partial charge >= 0.3 is 5.97 Å². The maximum Gasteiger partial charge on any atom is 0.336 e. The number of carbonyl (C=O) groups excluding carboxylic acids is 2. The maximum atomic E-state index is 13.3. The van der Waals surface area contributed by atoms with Gasteiger partial charge in [-0.25, -0.2) is 4.79 Å². The van der Waals surface area contributed by atoms with E-state index >= 15 is 0 Å². The lowest BCUT2D eigenvalue weighted by Crippen LogP contribution is -2.59. The number of cyclic esters (lactones) is 1. The molecule has 0 spiro atoms. The third-order valence-electron chi connectivity index (χ3n) is 12.8. The van der Waals surface area contributed by atoms with Crippen LogP contribution in [0.3, 0.4) is 0 Å². The number of esters is 1. The van der Waals surface area contributed by atoms with E-state index in [-0.39, 0.29) is 48.2 Å². The zero-order valence-electron chi connectivity index (χ0n) is 26.2. The number of fused-ring (bicyclic) bond motifs is 5. The maximum absolute atomic E-state index is 13.3. The van der Waals surface area contributed by atoms with Crippen molar-refractivity contribution in [2.24, 2.45) is 40.4 Å². The summed E-state index contributed by atoms with van der Waals surface area (Å²) in [4.78, 5) is 26.5. The molecule has 0 amide bonds. The quantitative estimate of drug-likeness (QED) is 0.174. The van der Waals surface area contributed by atoms with Crippen LogP contribution in [0.5, 0.6) is 0 Å². The first-order valence-corrected chi connectivity index (χ1v) is 16.4. The minimum atomic E-state index is -1.60. The van der Waals surface area contributed by atoms with Gasteiger partial charge < -0.3 is 44.8 Å². The van der Waals surface area contributed by atoms with Gasteiger partial charge in [-0.05, 0) is 81.1 Å². The Labute approximate surface area is 263 Å². The number of aliphatic hydroxyl groups is 6. The summed E-state index contributed by atoms with van der Waals surface area (Å²) in [6.07, 6.45) is 1.56. The third kappa shape index (κ3) is 5.09. The molecule has 6 aliphatic rings. The highest BCUT2D eigenvalue weighted by atomic mass is 16.7. The monoisotopic (exact) mass is 632 g/mol. The predicted octanol–water partition coefficient (Wildman–Crippen LogP) is 0.938. The second-order valence-corrected chi connectivity index (χ2v) is 14.6. The molecule has 6 N–H and O–H groups in total. The van der Waals surface area contributed by atoms with E-state index in [0.29, 0.717) is 18.4 Å². The van der Waals surface area contributed by atoms with E-state index < -0.39 is 72.2 Å². The molecule has 2 aliphatic heterocycles. The van der Waals surface area contributed by atoms with Crippen molar-refractivity contribution in [2.75, 3.05) is 19.8 Å². The van der Waals surface area contributed by atoms with E-state index in [1.165, 1.54) is 0 Å². The fourth-order valence-corrected chi connectivity index (χ4v) is 10.0. The number of aliphatic hydroxyl groups excluding tert-OH is 6. The van der Waals surface area contributed by atoms with E-state index in [4.69, 9.17) is 14.2 Å². The number of ketones is 1. The molecular formula is C34H48O11. The number of allylic oxidation sites excluding steroid dienone is 4. The van der Waals surface area contributed by atoms with Crippen molar-refractivity contribution in [3.8, 4) is 0 Å². The second-order valence-electron chi connectivity index (χ2n) is 14.6. The minimum Gasteiger partial charge on any atom is -0.458 e. The molecule has 14 atom stereocenters. The molecule has 0 aromatic rings. The zero-order valence-corrected chi connectivity index (χ0v) is 26.2. The van der Waals surface area contributed by atoms with Gasteiger partial charge in [0.2, 0.25) is 0 Å². The number of hydrogen-bond donors (Lipinski definition) is 6. The highest BCUT2D eigenvalue weighted by Gasteiger charge is 2.64. The van der Waals surface area contributed by atoms with Crippen LogP contribution in [0.15, 0.2) is 34.9 Å². The van der Waals surface area contributed by atoms with E-state index in [2.05, 4.69) is 19.9 Å². The molecule has 14 unspecified atom stereocenters. The summed E-state index contributed by atoms with van der Waals surface area (Å²) >= 11 is 0. The van der Waals surface area contributed by atoms with Crippen molar-refractivity contribution in [1.82, 2.24) is 0 Å². The molecule has 4 aliphatic carbocycles. The fraction of sp³-hybridized carbons (Fsp3) is 0.765. The Morgan fingerprint density at radius 1 is 1.04 bits per heavy atom. The lowest BCUT2D eigenvalue weighted by atomic mass is 9.46. The SMILES string of the molecule is CC1=C(COC2OC(CO)C(O)C(O)C2O)C(=O)OC(C(CO)C2CCC3C4CC=C5CC=CC(=O)C5(C)C4CC(O)C23C)C1. The largest absolute Gasteiger partial charge is 0.458 e. The van der Waals surface area contributed by atoms with Crippen LogP contribution >= 0.6 is 0 Å². The molecule has 6 rings (SSSR count). The standard InChI is InChI=1S/C34H48O11/c1-16-11-24(44-31(42)20(16)15-43-32-30(41)29(40)28(39)25(14-36)45-32)19(13-35)22-10-9-21-18-8-7-17-5-4-6-26(37)33(17,2)23(18)12-27(38)34(21,22)3/h4,6-7,18-19,21-25,27-30,32,35-36,38-41H,5,8-15H2,1-3H3. The van der Waals surface area contributed by atoms with Gasteiger partial charge in [0.25, 0.3) is 0 Å². The topological polar surface area (TPSA) is 183 Å². The first-order valence-electron chi connectivity index (χ1n) is 16.4. The van der Waals surface area contributed by atoms with Gasteiger partial charge in [-0.3, -0.25) is 4.79 Å². The van der Waals surface area contributed by atoms with Crippen LogP contribution in [-0.2, 0) is 23.8 Å². The summed E-state index contributed by atoms with van der Waals surface area (Å²) in [7, 11) is 0. The normalized spacial score (nSPS) is 47.0. The Hall–Kier alpha value is -1.96. The molecule has 0 bridgehead atoms. The summed E-state index contributed by atoms with van der Waals surface area (Å²) in [5.41, 5.74) is 0.992. The number of ether oxygens (including phenoxy) is 3. The molecule has 250 valence electrons. The first-order chi connectivity index (χ1) is 21.4. The molecule has 11 heteroatoms. The summed E-state index contributed by atoms with van der Waals surface area (Å²) in [5, 5.41) is 62.4. The summed E-state index contributed by atoms with van der Waals surface area (Å²) < 4.78 is 17.0. The van der Waals surface area contributed by atoms with Gasteiger partial charge in [-0.2, -0.15) is 0 Å². The average molecular weight is 633 g/mol. The summed E-state index contributed by atoms with van der Waals surface area (Å²) in [6, 6.07) is 0. The number of hydrogen-bond acceptors (Lipinski definition) is 11. The summed E-state index contributed by atoms with van der Waals surface area (Å²) in [5.74, 6) is -0.527. The van der Waals surface area contributed by atoms with Crippen LogP contribution in [0.2, 0.25) is 0 Å². The van der Waals surface area contributed by atoms with Gasteiger partial charge in [0.05, 0.1) is 30.3 Å². The van der Waals surface area contributed by atoms with E-state index in [9.17, 15) is 40.2 Å². The van der Waals surface area contributed by atoms with Gasteiger partial charge in [0.15, 0.2) is 12.1 Å². The molecule has 45 heavy (non-hydrogen) atoms. The molecule has 1 saturated heterocycles. The minimum absolute atomic E-state index is 0.0540. The van der Waals surface area contributed by atoms with Crippen molar-refractivity contribution < 1.29 is 54.4 Å². The van der Waals surface area contributed by atoms with Crippen LogP contribution in [0.25, 0.3) is 0 Å². The number of rotatable bonds is 7. The van der Waals surface area contributed by atoms with Crippen LogP contribution in [0.4, 0.5) is 0 Å². The van der Waals surface area contributed by atoms with Crippen LogP contribution in [0, 0.1) is 40.4 Å². The van der Waals surface area contributed by atoms with Crippen LogP contribution < -0.4 is 0 Å². The average Bonchev–Trinajstić information content (AvgIpc) is 3.36. The zero-order chi connectivity index (χ0) is 32.4. The molecular weight excluding hydrogens is 584 g/mol. The van der Waals surface area contributed by atoms with Crippen molar-refractivity contribution in [2.45, 2.75) is 102 Å². The summed E-state index contributed by atoms with van der Waals surface area (Å²) in [6.45, 7) is 4.88.